The Morgan fingerprint density at radius 3 is 2.73 bits per heavy atom. The topological polar surface area (TPSA) is 53.5 Å². The first kappa shape index (κ1) is 16.2. The molecule has 2 heterocycles. The van der Waals surface area contributed by atoms with Gasteiger partial charge < -0.3 is 10.4 Å². The number of hydrogen-bond donors (Lipinski definition) is 3. The third-order valence-corrected chi connectivity index (χ3v) is 5.48. The molecule has 0 saturated carbocycles. The van der Waals surface area contributed by atoms with E-state index in [1.807, 2.05) is 0 Å². The van der Waals surface area contributed by atoms with Gasteiger partial charge in [0.1, 0.15) is 0 Å². The van der Waals surface area contributed by atoms with E-state index in [9.17, 15) is 5.11 Å². The molecule has 0 spiro atoms. The van der Waals surface area contributed by atoms with Crippen molar-refractivity contribution in [3.05, 3.63) is 44.7 Å². The summed E-state index contributed by atoms with van der Waals surface area (Å²) in [5.74, 6) is 0.336. The molecule has 3 N–H and O–H groups in total. The van der Waals surface area contributed by atoms with E-state index < -0.39 is 0 Å². The van der Waals surface area contributed by atoms with Crippen LogP contribution >= 0.6 is 22.6 Å². The minimum absolute atomic E-state index is 0.0284. The van der Waals surface area contributed by atoms with Crippen molar-refractivity contribution in [1.29, 1.82) is 0 Å². The maximum Gasteiger partial charge on any atom is 0.0747 e. The SMILES string of the molecule is CCC(NOC)=C1[C@@H](c2ccc(I)cc2)CC2CC(O)[C@H]1N2. The van der Waals surface area contributed by atoms with Gasteiger partial charge in [-0.3, -0.25) is 10.3 Å². The summed E-state index contributed by atoms with van der Waals surface area (Å²) in [5, 5.41) is 14.0. The molecule has 1 aromatic rings. The fraction of sp³-hybridized carbons (Fsp3) is 0.529. The van der Waals surface area contributed by atoms with Crippen molar-refractivity contribution in [2.24, 2.45) is 0 Å². The molecule has 22 heavy (non-hydrogen) atoms. The summed E-state index contributed by atoms with van der Waals surface area (Å²) in [6, 6.07) is 9.16. The van der Waals surface area contributed by atoms with E-state index in [1.165, 1.54) is 14.7 Å². The average Bonchev–Trinajstić information content (AvgIpc) is 2.81. The Balaban J connectivity index is 2.04. The highest BCUT2D eigenvalue weighted by Crippen LogP contribution is 2.43. The summed E-state index contributed by atoms with van der Waals surface area (Å²) in [4.78, 5) is 5.17. The zero-order chi connectivity index (χ0) is 15.7. The Labute approximate surface area is 145 Å². The Bertz CT molecular complexity index is 558. The van der Waals surface area contributed by atoms with Crippen molar-refractivity contribution < 1.29 is 9.94 Å². The number of fused-ring (bicyclic) bond motifs is 2. The Hall–Kier alpha value is -0.630. The van der Waals surface area contributed by atoms with Crippen molar-refractivity contribution in [2.45, 2.75) is 50.3 Å². The van der Waals surface area contributed by atoms with Gasteiger partial charge >= 0.3 is 0 Å². The fourth-order valence-corrected chi connectivity index (χ4v) is 4.18. The van der Waals surface area contributed by atoms with Gasteiger partial charge in [0, 0.05) is 21.2 Å². The van der Waals surface area contributed by atoms with Crippen LogP contribution in [-0.2, 0) is 4.84 Å². The molecule has 2 fully saturated rings. The molecule has 120 valence electrons. The first-order valence-electron chi connectivity index (χ1n) is 7.85. The van der Waals surface area contributed by atoms with Crippen LogP contribution in [0.15, 0.2) is 35.5 Å². The van der Waals surface area contributed by atoms with Gasteiger partial charge in [0.25, 0.3) is 0 Å². The lowest BCUT2D eigenvalue weighted by molar-refractivity contribution is 0.111. The van der Waals surface area contributed by atoms with Crippen LogP contribution in [0.25, 0.3) is 0 Å². The Kier molecular flexibility index (Phi) is 5.07. The van der Waals surface area contributed by atoms with Crippen LogP contribution in [0.4, 0.5) is 0 Å². The Morgan fingerprint density at radius 1 is 1.36 bits per heavy atom. The predicted molar refractivity (Wildman–Crippen MR) is 95.3 cm³/mol. The van der Waals surface area contributed by atoms with E-state index in [1.54, 1.807) is 7.11 Å². The summed E-state index contributed by atoms with van der Waals surface area (Å²) in [6.07, 6.45) is 2.41. The number of rotatable bonds is 4. The van der Waals surface area contributed by atoms with Crippen LogP contribution in [-0.4, -0.2) is 30.4 Å². The van der Waals surface area contributed by atoms with Crippen LogP contribution in [0, 0.1) is 3.57 Å². The summed E-state index contributed by atoms with van der Waals surface area (Å²) >= 11 is 2.33. The van der Waals surface area contributed by atoms with Gasteiger partial charge in [0.05, 0.1) is 19.3 Å². The third-order valence-electron chi connectivity index (χ3n) is 4.76. The summed E-state index contributed by atoms with van der Waals surface area (Å²) in [5.41, 5.74) is 6.71. The van der Waals surface area contributed by atoms with Crippen LogP contribution in [0.1, 0.15) is 37.7 Å². The number of aliphatic hydroxyl groups excluding tert-OH is 1. The van der Waals surface area contributed by atoms with E-state index in [0.717, 1.165) is 25.0 Å². The second-order valence-corrected chi connectivity index (χ2v) is 7.32. The predicted octanol–water partition coefficient (Wildman–Crippen LogP) is 2.69. The average molecular weight is 414 g/mol. The fourth-order valence-electron chi connectivity index (χ4n) is 3.82. The normalized spacial score (nSPS) is 32.9. The van der Waals surface area contributed by atoms with Gasteiger partial charge in [0.2, 0.25) is 0 Å². The maximum atomic E-state index is 10.4. The molecule has 5 heteroatoms. The largest absolute Gasteiger partial charge is 0.391 e. The highest BCUT2D eigenvalue weighted by atomic mass is 127. The van der Waals surface area contributed by atoms with Crippen molar-refractivity contribution in [3.63, 3.8) is 0 Å². The maximum absolute atomic E-state index is 10.4. The molecule has 0 radical (unpaired) electrons. The summed E-state index contributed by atoms with van der Waals surface area (Å²) in [6.45, 7) is 2.12. The number of benzene rings is 1. The molecule has 3 rings (SSSR count). The molecule has 2 saturated heterocycles. The van der Waals surface area contributed by atoms with E-state index in [-0.39, 0.29) is 12.1 Å². The number of hydroxylamine groups is 1. The molecular weight excluding hydrogens is 391 g/mol. The Morgan fingerprint density at radius 2 is 2.09 bits per heavy atom. The molecular formula is C17H23IN2O2. The van der Waals surface area contributed by atoms with Gasteiger partial charge in [-0.25, -0.2) is 0 Å². The summed E-state index contributed by atoms with van der Waals surface area (Å²) in [7, 11) is 1.64. The number of halogens is 1. The van der Waals surface area contributed by atoms with E-state index in [4.69, 9.17) is 4.84 Å². The monoisotopic (exact) mass is 414 g/mol. The lowest BCUT2D eigenvalue weighted by Crippen LogP contribution is -2.44. The highest BCUT2D eigenvalue weighted by Gasteiger charge is 2.44. The molecule has 2 aliphatic rings. The van der Waals surface area contributed by atoms with Gasteiger partial charge in [0.15, 0.2) is 0 Å². The van der Waals surface area contributed by atoms with Crippen molar-refractivity contribution in [1.82, 2.24) is 10.8 Å². The lowest BCUT2D eigenvalue weighted by Gasteiger charge is -2.35. The molecule has 0 aliphatic carbocycles. The molecule has 4 nitrogen and oxygen atoms in total. The van der Waals surface area contributed by atoms with E-state index >= 15 is 0 Å². The summed E-state index contributed by atoms with van der Waals surface area (Å²) < 4.78 is 1.24. The van der Waals surface area contributed by atoms with Gasteiger partial charge in [-0.05, 0) is 65.1 Å². The minimum atomic E-state index is -0.311. The number of allylic oxidation sites excluding steroid dienone is 1. The number of piperidine rings is 1. The number of hydrogen-bond acceptors (Lipinski definition) is 4. The first-order chi connectivity index (χ1) is 10.6. The molecule has 2 aliphatic heterocycles. The van der Waals surface area contributed by atoms with E-state index in [0.29, 0.717) is 12.0 Å². The van der Waals surface area contributed by atoms with Crippen molar-refractivity contribution >= 4 is 22.6 Å². The smallest absolute Gasteiger partial charge is 0.0747 e. The molecule has 2 unspecified atom stereocenters. The van der Waals surface area contributed by atoms with E-state index in [2.05, 4.69) is 64.6 Å². The molecule has 0 amide bonds. The van der Waals surface area contributed by atoms with Crippen molar-refractivity contribution in [3.8, 4) is 0 Å². The highest BCUT2D eigenvalue weighted by molar-refractivity contribution is 14.1. The second-order valence-electron chi connectivity index (χ2n) is 6.08. The number of aliphatic hydroxyl groups is 1. The third kappa shape index (κ3) is 3.04. The quantitative estimate of drug-likeness (QED) is 0.524. The molecule has 1 aromatic carbocycles. The molecule has 4 atom stereocenters. The van der Waals surface area contributed by atoms with Crippen LogP contribution in [0.3, 0.4) is 0 Å². The number of nitrogens with one attached hydrogen (secondary N) is 2. The van der Waals surface area contributed by atoms with Gasteiger partial charge in [-0.2, -0.15) is 0 Å². The van der Waals surface area contributed by atoms with Crippen LogP contribution in [0.5, 0.6) is 0 Å². The standard InChI is InChI=1S/C17H23IN2O2/c1-3-14(20-22-2)16-13(10-4-6-11(18)7-5-10)8-12-9-15(21)17(16)19-12/h4-7,12-13,15,17,19-21H,3,8-9H2,1-2H3/t12?,13-,15?,17-/m1/s1. The van der Waals surface area contributed by atoms with Gasteiger partial charge in [-0.15, -0.1) is 0 Å². The second kappa shape index (κ2) is 6.86. The zero-order valence-corrected chi connectivity index (χ0v) is 15.1. The minimum Gasteiger partial charge on any atom is -0.391 e. The van der Waals surface area contributed by atoms with Crippen LogP contribution in [0.2, 0.25) is 0 Å². The van der Waals surface area contributed by atoms with Crippen molar-refractivity contribution in [2.75, 3.05) is 7.11 Å². The first-order valence-corrected chi connectivity index (χ1v) is 8.93. The zero-order valence-electron chi connectivity index (χ0n) is 13.0. The molecule has 2 bridgehead atoms. The molecule has 0 aromatic heterocycles. The van der Waals surface area contributed by atoms with Gasteiger partial charge in [-0.1, -0.05) is 19.1 Å². The lowest BCUT2D eigenvalue weighted by atomic mass is 9.80. The van der Waals surface area contributed by atoms with Crippen LogP contribution < -0.4 is 10.8 Å².